The van der Waals surface area contributed by atoms with Crippen molar-refractivity contribution in [3.8, 4) is 0 Å². The molecule has 0 aromatic rings. The molecule has 2 N–H and O–H groups in total. The topological polar surface area (TPSA) is 69.6 Å². The molecular formula is C13H24N2O3. The first-order valence-corrected chi connectivity index (χ1v) is 6.80. The lowest BCUT2D eigenvalue weighted by molar-refractivity contribution is -0.137. The Balaban J connectivity index is 2.21. The molecule has 0 aromatic carbocycles. The van der Waals surface area contributed by atoms with Crippen LogP contribution < -0.4 is 5.32 Å². The van der Waals surface area contributed by atoms with Crippen molar-refractivity contribution in [3.63, 3.8) is 0 Å². The van der Waals surface area contributed by atoms with E-state index in [0.29, 0.717) is 18.8 Å². The van der Waals surface area contributed by atoms with Gasteiger partial charge in [0.2, 0.25) is 0 Å². The fraction of sp³-hybridized carbons (Fsp3) is 0.846. The molecule has 1 heterocycles. The molecule has 1 saturated heterocycles. The number of aliphatic carboxylic acids is 1. The van der Waals surface area contributed by atoms with E-state index in [1.807, 2.05) is 11.8 Å². The second-order valence-electron chi connectivity index (χ2n) is 5.15. The Morgan fingerprint density at radius 2 is 2.22 bits per heavy atom. The van der Waals surface area contributed by atoms with Crippen LogP contribution in [0.2, 0.25) is 0 Å². The van der Waals surface area contributed by atoms with E-state index in [1.165, 1.54) is 0 Å². The zero-order valence-electron chi connectivity index (χ0n) is 11.3. The van der Waals surface area contributed by atoms with Gasteiger partial charge in [0.25, 0.3) is 0 Å². The Kier molecular flexibility index (Phi) is 5.95. The Bertz CT molecular complexity index is 294. The van der Waals surface area contributed by atoms with Crippen molar-refractivity contribution in [3.05, 3.63) is 0 Å². The number of nitrogens with zero attached hydrogens (tertiary/aromatic N) is 1. The van der Waals surface area contributed by atoms with Gasteiger partial charge >= 0.3 is 12.0 Å². The van der Waals surface area contributed by atoms with E-state index in [1.54, 1.807) is 0 Å². The van der Waals surface area contributed by atoms with Crippen LogP contribution in [0.3, 0.4) is 0 Å². The predicted octanol–water partition coefficient (Wildman–Crippen LogP) is 2.07. The van der Waals surface area contributed by atoms with Crippen molar-refractivity contribution in [2.75, 3.05) is 13.1 Å². The predicted molar refractivity (Wildman–Crippen MR) is 69.5 cm³/mol. The number of hydrogen-bond acceptors (Lipinski definition) is 2. The number of carboxylic acids is 1. The Morgan fingerprint density at radius 1 is 1.50 bits per heavy atom. The molecule has 18 heavy (non-hydrogen) atoms. The molecule has 0 bridgehead atoms. The van der Waals surface area contributed by atoms with E-state index in [9.17, 15) is 9.59 Å². The van der Waals surface area contributed by atoms with Crippen LogP contribution in [0.25, 0.3) is 0 Å². The largest absolute Gasteiger partial charge is 0.481 e. The molecule has 2 amide bonds. The lowest BCUT2D eigenvalue weighted by atomic mass is 10.1. The van der Waals surface area contributed by atoms with Crippen LogP contribution in [0.5, 0.6) is 0 Å². The van der Waals surface area contributed by atoms with Crippen LogP contribution in [0.15, 0.2) is 0 Å². The number of carbonyl (C=O) groups is 2. The Hall–Kier alpha value is -1.26. The van der Waals surface area contributed by atoms with Crippen molar-refractivity contribution in [2.45, 2.75) is 52.0 Å². The quantitative estimate of drug-likeness (QED) is 0.764. The van der Waals surface area contributed by atoms with E-state index >= 15 is 0 Å². The van der Waals surface area contributed by atoms with E-state index in [2.05, 4.69) is 12.2 Å². The third-order valence-electron chi connectivity index (χ3n) is 3.55. The van der Waals surface area contributed by atoms with E-state index < -0.39 is 5.97 Å². The molecule has 0 saturated carbocycles. The Labute approximate surface area is 109 Å². The van der Waals surface area contributed by atoms with Crippen LogP contribution >= 0.6 is 0 Å². The van der Waals surface area contributed by atoms with Gasteiger partial charge in [-0.2, -0.15) is 0 Å². The van der Waals surface area contributed by atoms with Crippen LogP contribution in [-0.4, -0.2) is 41.1 Å². The Morgan fingerprint density at radius 3 is 2.78 bits per heavy atom. The summed E-state index contributed by atoms with van der Waals surface area (Å²) in [5.41, 5.74) is 0. The van der Waals surface area contributed by atoms with E-state index in [0.717, 1.165) is 25.9 Å². The van der Waals surface area contributed by atoms with Crippen molar-refractivity contribution in [1.29, 1.82) is 0 Å². The maximum Gasteiger partial charge on any atom is 0.317 e. The molecule has 5 heteroatoms. The zero-order chi connectivity index (χ0) is 13.5. The summed E-state index contributed by atoms with van der Waals surface area (Å²) in [5, 5.41) is 11.5. The normalized spacial score (nSPS) is 20.8. The highest BCUT2D eigenvalue weighted by Gasteiger charge is 2.25. The van der Waals surface area contributed by atoms with Crippen LogP contribution in [0, 0.1) is 5.92 Å². The van der Waals surface area contributed by atoms with Crippen molar-refractivity contribution < 1.29 is 14.7 Å². The minimum Gasteiger partial charge on any atom is -0.481 e. The molecule has 104 valence electrons. The molecule has 1 aliphatic heterocycles. The maximum atomic E-state index is 11.9. The highest BCUT2D eigenvalue weighted by Crippen LogP contribution is 2.19. The van der Waals surface area contributed by atoms with Gasteiger partial charge in [-0.15, -0.1) is 0 Å². The van der Waals surface area contributed by atoms with Gasteiger partial charge in [0.15, 0.2) is 0 Å². The van der Waals surface area contributed by atoms with Gasteiger partial charge in [-0.1, -0.05) is 13.3 Å². The van der Waals surface area contributed by atoms with E-state index in [-0.39, 0.29) is 18.5 Å². The second-order valence-corrected chi connectivity index (χ2v) is 5.15. The number of carboxylic acid groups (broad SMARTS) is 1. The molecular weight excluding hydrogens is 232 g/mol. The molecule has 0 aliphatic carbocycles. The summed E-state index contributed by atoms with van der Waals surface area (Å²) in [6.07, 6.45) is 3.70. The lowest BCUT2D eigenvalue weighted by Crippen LogP contribution is -2.42. The average Bonchev–Trinajstić information content (AvgIpc) is 2.76. The number of amides is 2. The third-order valence-corrected chi connectivity index (χ3v) is 3.55. The summed E-state index contributed by atoms with van der Waals surface area (Å²) in [6.45, 7) is 5.77. The van der Waals surface area contributed by atoms with Crippen LogP contribution in [0.4, 0.5) is 4.79 Å². The summed E-state index contributed by atoms with van der Waals surface area (Å²) in [5.74, 6) is -0.142. The molecule has 5 nitrogen and oxygen atoms in total. The number of hydrogen-bond donors (Lipinski definition) is 2. The molecule has 2 unspecified atom stereocenters. The number of nitrogens with one attached hydrogen (secondary N) is 1. The maximum absolute atomic E-state index is 11.9. The van der Waals surface area contributed by atoms with Gasteiger partial charge in [0, 0.05) is 25.6 Å². The van der Waals surface area contributed by atoms with Crippen molar-refractivity contribution in [1.82, 2.24) is 10.2 Å². The van der Waals surface area contributed by atoms with Gasteiger partial charge in [0.1, 0.15) is 0 Å². The highest BCUT2D eigenvalue weighted by molar-refractivity contribution is 5.74. The summed E-state index contributed by atoms with van der Waals surface area (Å²) >= 11 is 0. The smallest absolute Gasteiger partial charge is 0.317 e. The lowest BCUT2D eigenvalue weighted by Gasteiger charge is -2.20. The minimum atomic E-state index is -0.779. The van der Waals surface area contributed by atoms with Gasteiger partial charge in [-0.05, 0) is 32.1 Å². The zero-order valence-corrected chi connectivity index (χ0v) is 11.3. The first kappa shape index (κ1) is 14.8. The minimum absolute atomic E-state index is 0.00576. The first-order chi connectivity index (χ1) is 8.52. The third kappa shape index (κ3) is 4.94. The molecule has 0 radical (unpaired) electrons. The number of likely N-dealkylation sites (tertiary alicyclic amines) is 1. The second kappa shape index (κ2) is 7.24. The number of urea groups is 1. The standard InChI is InChI=1S/C13H24N2O3/c1-3-11-7-8-15(9-11)13(18)14-10(2)5-4-6-12(16)17/h10-11H,3-9H2,1-2H3,(H,14,18)(H,16,17). The molecule has 1 rings (SSSR count). The number of rotatable bonds is 6. The summed E-state index contributed by atoms with van der Waals surface area (Å²) in [4.78, 5) is 24.2. The van der Waals surface area contributed by atoms with Gasteiger partial charge in [-0.3, -0.25) is 4.79 Å². The summed E-state index contributed by atoms with van der Waals surface area (Å²) in [6, 6.07) is 0.0336. The molecule has 0 aromatic heterocycles. The van der Waals surface area contributed by atoms with Crippen molar-refractivity contribution >= 4 is 12.0 Å². The summed E-state index contributed by atoms with van der Waals surface area (Å²) in [7, 11) is 0. The fourth-order valence-corrected chi connectivity index (χ4v) is 2.28. The van der Waals surface area contributed by atoms with Gasteiger partial charge < -0.3 is 15.3 Å². The fourth-order valence-electron chi connectivity index (χ4n) is 2.28. The average molecular weight is 256 g/mol. The molecule has 1 fully saturated rings. The highest BCUT2D eigenvalue weighted by atomic mass is 16.4. The molecule has 0 spiro atoms. The van der Waals surface area contributed by atoms with Crippen molar-refractivity contribution in [2.24, 2.45) is 5.92 Å². The molecule has 1 aliphatic rings. The van der Waals surface area contributed by atoms with E-state index in [4.69, 9.17) is 5.11 Å². The van der Waals surface area contributed by atoms with Crippen LogP contribution in [0.1, 0.15) is 46.0 Å². The monoisotopic (exact) mass is 256 g/mol. The molecule has 2 atom stereocenters. The summed E-state index contributed by atoms with van der Waals surface area (Å²) < 4.78 is 0. The number of carbonyl (C=O) groups excluding carboxylic acids is 1. The van der Waals surface area contributed by atoms with Gasteiger partial charge in [-0.25, -0.2) is 4.79 Å². The first-order valence-electron chi connectivity index (χ1n) is 6.80. The van der Waals surface area contributed by atoms with Gasteiger partial charge in [0.05, 0.1) is 0 Å². The SMILES string of the molecule is CCC1CCN(C(=O)NC(C)CCCC(=O)O)C1. The van der Waals surface area contributed by atoms with Crippen LogP contribution in [-0.2, 0) is 4.79 Å².